The van der Waals surface area contributed by atoms with Crippen molar-refractivity contribution in [2.24, 2.45) is 0 Å². The molecule has 0 saturated carbocycles. The molecule has 3 rings (SSSR count). The summed E-state index contributed by atoms with van der Waals surface area (Å²) in [4.78, 5) is 5.27. The molecular weight excluding hydrogens is 280 g/mol. The summed E-state index contributed by atoms with van der Waals surface area (Å²) in [5, 5.41) is 11.4. The zero-order chi connectivity index (χ0) is 14.7. The normalized spacial score (nSPS) is 10.1. The van der Waals surface area contributed by atoms with Crippen LogP contribution >= 0.6 is 11.3 Å². The number of methoxy groups -OCH3 is 1. The SMILES string of the molecule is COc1ccc(-c2cncc(C#N)c2-c2cccs2)cc1. The van der Waals surface area contributed by atoms with E-state index in [0.717, 1.165) is 27.3 Å². The van der Waals surface area contributed by atoms with Crippen LogP contribution in [0.5, 0.6) is 5.75 Å². The molecule has 0 fully saturated rings. The quantitative estimate of drug-likeness (QED) is 0.720. The first-order chi connectivity index (χ1) is 10.3. The van der Waals surface area contributed by atoms with Gasteiger partial charge in [0.25, 0.3) is 0 Å². The molecule has 0 spiro atoms. The minimum atomic E-state index is 0.589. The highest BCUT2D eigenvalue weighted by molar-refractivity contribution is 7.13. The average molecular weight is 292 g/mol. The monoisotopic (exact) mass is 292 g/mol. The number of pyridine rings is 1. The average Bonchev–Trinajstić information content (AvgIpc) is 3.08. The highest BCUT2D eigenvalue weighted by Crippen LogP contribution is 2.36. The fourth-order valence-corrected chi connectivity index (χ4v) is 3.02. The Morgan fingerprint density at radius 2 is 1.95 bits per heavy atom. The summed E-state index contributed by atoms with van der Waals surface area (Å²) < 4.78 is 5.19. The molecular formula is C17H12N2OS. The Morgan fingerprint density at radius 3 is 2.57 bits per heavy atom. The number of aromatic nitrogens is 1. The second-order valence-electron chi connectivity index (χ2n) is 4.43. The van der Waals surface area contributed by atoms with Crippen LogP contribution < -0.4 is 4.74 Å². The van der Waals surface area contributed by atoms with Crippen LogP contribution in [0.3, 0.4) is 0 Å². The van der Waals surface area contributed by atoms with Crippen LogP contribution in [0.4, 0.5) is 0 Å². The van der Waals surface area contributed by atoms with Crippen molar-refractivity contribution in [2.45, 2.75) is 0 Å². The minimum Gasteiger partial charge on any atom is -0.497 e. The van der Waals surface area contributed by atoms with Crippen molar-refractivity contribution >= 4 is 11.3 Å². The molecule has 21 heavy (non-hydrogen) atoms. The molecule has 1 aromatic carbocycles. The first kappa shape index (κ1) is 13.3. The first-order valence-electron chi connectivity index (χ1n) is 6.40. The molecule has 0 aliphatic heterocycles. The summed E-state index contributed by atoms with van der Waals surface area (Å²) in [7, 11) is 1.64. The molecule has 0 aliphatic rings. The number of nitrogens with zero attached hydrogens (tertiary/aromatic N) is 2. The van der Waals surface area contributed by atoms with Gasteiger partial charge in [0.2, 0.25) is 0 Å². The predicted octanol–water partition coefficient (Wildman–Crippen LogP) is 4.36. The summed E-state index contributed by atoms with van der Waals surface area (Å²) >= 11 is 1.62. The van der Waals surface area contributed by atoms with Crippen molar-refractivity contribution in [3.05, 3.63) is 59.7 Å². The van der Waals surface area contributed by atoms with E-state index in [0.29, 0.717) is 5.56 Å². The number of nitriles is 1. The zero-order valence-electron chi connectivity index (χ0n) is 11.4. The van der Waals surface area contributed by atoms with Crippen LogP contribution in [0.2, 0.25) is 0 Å². The molecule has 3 aromatic rings. The Labute approximate surface area is 127 Å². The van der Waals surface area contributed by atoms with Gasteiger partial charge in [-0.2, -0.15) is 5.26 Å². The highest BCUT2D eigenvalue weighted by atomic mass is 32.1. The van der Waals surface area contributed by atoms with Gasteiger partial charge in [-0.05, 0) is 29.1 Å². The van der Waals surface area contributed by atoms with Crippen molar-refractivity contribution in [3.8, 4) is 33.4 Å². The van der Waals surface area contributed by atoms with E-state index in [2.05, 4.69) is 11.1 Å². The maximum absolute atomic E-state index is 9.37. The lowest BCUT2D eigenvalue weighted by atomic mass is 9.97. The Bertz CT molecular complexity index is 787. The van der Waals surface area contributed by atoms with Gasteiger partial charge in [-0.25, -0.2) is 0 Å². The third-order valence-corrected chi connectivity index (χ3v) is 4.12. The Kier molecular flexibility index (Phi) is 3.67. The van der Waals surface area contributed by atoms with E-state index >= 15 is 0 Å². The molecule has 2 heterocycles. The summed E-state index contributed by atoms with van der Waals surface area (Å²) in [6.07, 6.45) is 3.42. The second kappa shape index (κ2) is 5.78. The standard InChI is InChI=1S/C17H12N2OS/c1-20-14-6-4-12(5-7-14)15-11-19-10-13(9-18)17(15)16-3-2-8-21-16/h2-8,10-11H,1H3. The van der Waals surface area contributed by atoms with E-state index < -0.39 is 0 Å². The van der Waals surface area contributed by atoms with E-state index in [1.807, 2.05) is 41.8 Å². The smallest absolute Gasteiger partial charge is 0.118 e. The maximum atomic E-state index is 9.37. The molecule has 0 amide bonds. The highest BCUT2D eigenvalue weighted by Gasteiger charge is 2.13. The van der Waals surface area contributed by atoms with Gasteiger partial charge in [-0.3, -0.25) is 4.98 Å². The molecule has 0 saturated heterocycles. The van der Waals surface area contributed by atoms with Crippen LogP contribution in [0, 0.1) is 11.3 Å². The lowest BCUT2D eigenvalue weighted by molar-refractivity contribution is 0.415. The van der Waals surface area contributed by atoms with E-state index in [1.54, 1.807) is 30.8 Å². The van der Waals surface area contributed by atoms with Gasteiger partial charge in [0.05, 0.1) is 12.7 Å². The van der Waals surface area contributed by atoms with E-state index in [-0.39, 0.29) is 0 Å². The van der Waals surface area contributed by atoms with Gasteiger partial charge in [-0.15, -0.1) is 11.3 Å². The molecule has 0 aliphatic carbocycles. The van der Waals surface area contributed by atoms with Gasteiger partial charge >= 0.3 is 0 Å². The van der Waals surface area contributed by atoms with Gasteiger partial charge in [0.15, 0.2) is 0 Å². The van der Waals surface area contributed by atoms with Crippen molar-refractivity contribution in [2.75, 3.05) is 7.11 Å². The van der Waals surface area contributed by atoms with E-state index in [1.165, 1.54) is 0 Å². The summed E-state index contributed by atoms with van der Waals surface area (Å²) in [5.74, 6) is 0.806. The Balaban J connectivity index is 2.20. The van der Waals surface area contributed by atoms with Crippen LogP contribution in [-0.2, 0) is 0 Å². The summed E-state index contributed by atoms with van der Waals surface area (Å²) in [5.41, 5.74) is 3.50. The Hall–Kier alpha value is -2.64. The minimum absolute atomic E-state index is 0.589. The molecule has 0 bridgehead atoms. The van der Waals surface area contributed by atoms with Crippen LogP contribution in [0.25, 0.3) is 21.6 Å². The summed E-state index contributed by atoms with van der Waals surface area (Å²) in [6.45, 7) is 0. The van der Waals surface area contributed by atoms with E-state index in [4.69, 9.17) is 4.74 Å². The number of hydrogen-bond acceptors (Lipinski definition) is 4. The number of ether oxygens (including phenoxy) is 1. The summed E-state index contributed by atoms with van der Waals surface area (Å²) in [6, 6.07) is 14.0. The number of rotatable bonds is 3. The lowest BCUT2D eigenvalue weighted by Gasteiger charge is -2.10. The maximum Gasteiger partial charge on any atom is 0.118 e. The van der Waals surface area contributed by atoms with Crippen molar-refractivity contribution in [1.29, 1.82) is 5.26 Å². The molecule has 0 unspecified atom stereocenters. The number of thiophene rings is 1. The van der Waals surface area contributed by atoms with E-state index in [9.17, 15) is 5.26 Å². The molecule has 0 atom stereocenters. The van der Waals surface area contributed by atoms with Crippen LogP contribution in [0.1, 0.15) is 5.56 Å². The number of hydrogen-bond donors (Lipinski definition) is 0. The largest absolute Gasteiger partial charge is 0.497 e. The second-order valence-corrected chi connectivity index (χ2v) is 5.37. The van der Waals surface area contributed by atoms with Crippen molar-refractivity contribution in [3.63, 3.8) is 0 Å². The van der Waals surface area contributed by atoms with Gasteiger partial charge in [0, 0.05) is 28.4 Å². The molecule has 0 N–H and O–H groups in total. The number of benzene rings is 1. The molecule has 3 nitrogen and oxygen atoms in total. The Morgan fingerprint density at radius 1 is 1.14 bits per heavy atom. The van der Waals surface area contributed by atoms with Crippen molar-refractivity contribution in [1.82, 2.24) is 4.98 Å². The lowest BCUT2D eigenvalue weighted by Crippen LogP contribution is -1.91. The zero-order valence-corrected chi connectivity index (χ0v) is 12.2. The predicted molar refractivity (Wildman–Crippen MR) is 84.3 cm³/mol. The first-order valence-corrected chi connectivity index (χ1v) is 7.28. The third kappa shape index (κ3) is 2.51. The van der Waals surface area contributed by atoms with Gasteiger partial charge in [-0.1, -0.05) is 18.2 Å². The van der Waals surface area contributed by atoms with Gasteiger partial charge in [0.1, 0.15) is 11.8 Å². The molecule has 2 aromatic heterocycles. The fraction of sp³-hybridized carbons (Fsp3) is 0.0588. The van der Waals surface area contributed by atoms with Gasteiger partial charge < -0.3 is 4.74 Å². The van der Waals surface area contributed by atoms with Crippen LogP contribution in [-0.4, -0.2) is 12.1 Å². The van der Waals surface area contributed by atoms with Crippen LogP contribution in [0.15, 0.2) is 54.2 Å². The topological polar surface area (TPSA) is 45.9 Å². The molecule has 4 heteroatoms. The van der Waals surface area contributed by atoms with Crippen molar-refractivity contribution < 1.29 is 4.74 Å². The molecule has 0 radical (unpaired) electrons. The third-order valence-electron chi connectivity index (χ3n) is 3.23. The molecule has 102 valence electrons. The fourth-order valence-electron chi connectivity index (χ4n) is 2.22.